The lowest BCUT2D eigenvalue weighted by Crippen LogP contribution is -2.51. The van der Waals surface area contributed by atoms with Gasteiger partial charge in [0.25, 0.3) is 0 Å². The summed E-state index contributed by atoms with van der Waals surface area (Å²) < 4.78 is 26.0. The predicted octanol–water partition coefficient (Wildman–Crippen LogP) is 4.36. The number of amides is 2. The number of anilines is 1. The van der Waals surface area contributed by atoms with Crippen molar-refractivity contribution in [2.24, 2.45) is 0 Å². The summed E-state index contributed by atoms with van der Waals surface area (Å²) in [6, 6.07) is 10.3. The van der Waals surface area contributed by atoms with Gasteiger partial charge in [-0.1, -0.05) is 53.9 Å². The first-order valence-electron chi connectivity index (χ1n) is 10.2. The van der Waals surface area contributed by atoms with Crippen LogP contribution in [-0.2, 0) is 26.2 Å². The van der Waals surface area contributed by atoms with Crippen molar-refractivity contribution >= 4 is 62.3 Å². The molecule has 2 aromatic carbocycles. The van der Waals surface area contributed by atoms with Crippen LogP contribution >= 0.6 is 34.8 Å². The molecule has 1 atom stereocenters. The Kier molecular flexibility index (Phi) is 9.84. The fourth-order valence-electron chi connectivity index (χ4n) is 3.06. The molecule has 0 aromatic heterocycles. The maximum absolute atomic E-state index is 13.4. The smallest absolute Gasteiger partial charge is 0.244 e. The van der Waals surface area contributed by atoms with Gasteiger partial charge in [0.05, 0.1) is 11.9 Å². The second-order valence-corrected chi connectivity index (χ2v) is 10.7. The molecule has 0 fully saturated rings. The Morgan fingerprint density at radius 1 is 1.00 bits per heavy atom. The highest BCUT2D eigenvalue weighted by Gasteiger charge is 2.30. The first kappa shape index (κ1) is 27.2. The first-order valence-corrected chi connectivity index (χ1v) is 13.2. The van der Waals surface area contributed by atoms with Crippen LogP contribution in [0.2, 0.25) is 15.1 Å². The van der Waals surface area contributed by atoms with Crippen LogP contribution in [0.1, 0.15) is 25.8 Å². The summed E-state index contributed by atoms with van der Waals surface area (Å²) in [4.78, 5) is 27.4. The van der Waals surface area contributed by atoms with Gasteiger partial charge in [0.1, 0.15) is 12.6 Å². The summed E-state index contributed by atoms with van der Waals surface area (Å²) in [6.07, 6.45) is 1.72. The highest BCUT2D eigenvalue weighted by atomic mass is 35.5. The molecule has 2 aromatic rings. The van der Waals surface area contributed by atoms with Gasteiger partial charge >= 0.3 is 0 Å². The average molecular weight is 535 g/mol. The molecule has 180 valence electrons. The maximum Gasteiger partial charge on any atom is 0.244 e. The second-order valence-electron chi connectivity index (χ2n) is 7.51. The Morgan fingerprint density at radius 3 is 2.09 bits per heavy atom. The molecular weight excluding hydrogens is 509 g/mol. The van der Waals surface area contributed by atoms with E-state index in [2.05, 4.69) is 5.32 Å². The van der Waals surface area contributed by atoms with E-state index in [0.29, 0.717) is 11.6 Å². The third-order valence-corrected chi connectivity index (χ3v) is 6.63. The van der Waals surface area contributed by atoms with Gasteiger partial charge < -0.3 is 10.2 Å². The van der Waals surface area contributed by atoms with Crippen molar-refractivity contribution in [3.05, 3.63) is 63.1 Å². The van der Waals surface area contributed by atoms with Gasteiger partial charge in [0, 0.05) is 28.2 Å². The molecule has 11 heteroatoms. The van der Waals surface area contributed by atoms with Crippen molar-refractivity contribution in [2.45, 2.75) is 32.9 Å². The third kappa shape index (κ3) is 8.07. The van der Waals surface area contributed by atoms with Crippen LogP contribution in [0.25, 0.3) is 0 Å². The lowest BCUT2D eigenvalue weighted by molar-refractivity contribution is -0.139. The molecule has 0 aliphatic heterocycles. The Bertz CT molecular complexity index is 1070. The van der Waals surface area contributed by atoms with Crippen LogP contribution in [0.3, 0.4) is 0 Å². The molecule has 0 spiro atoms. The second kappa shape index (κ2) is 11.9. The number of nitrogens with zero attached hydrogens (tertiary/aromatic N) is 2. The highest BCUT2D eigenvalue weighted by Crippen LogP contribution is 2.27. The molecule has 0 bridgehead atoms. The van der Waals surface area contributed by atoms with Gasteiger partial charge in [0.2, 0.25) is 21.8 Å². The van der Waals surface area contributed by atoms with Crippen molar-refractivity contribution in [1.29, 1.82) is 0 Å². The molecule has 33 heavy (non-hydrogen) atoms. The van der Waals surface area contributed by atoms with Crippen molar-refractivity contribution < 1.29 is 18.0 Å². The van der Waals surface area contributed by atoms with Crippen LogP contribution in [-0.4, -0.2) is 50.5 Å². The Labute approximate surface area is 209 Å². The molecule has 0 saturated heterocycles. The van der Waals surface area contributed by atoms with Crippen LogP contribution in [0.15, 0.2) is 42.5 Å². The van der Waals surface area contributed by atoms with Crippen LogP contribution < -0.4 is 9.62 Å². The van der Waals surface area contributed by atoms with E-state index in [9.17, 15) is 18.0 Å². The number of sulfonamides is 1. The van der Waals surface area contributed by atoms with Gasteiger partial charge in [-0.15, -0.1) is 0 Å². The number of nitrogens with one attached hydrogen (secondary N) is 1. The summed E-state index contributed by atoms with van der Waals surface area (Å²) in [6.45, 7) is 3.53. The van der Waals surface area contributed by atoms with Gasteiger partial charge in [-0.2, -0.15) is 0 Å². The van der Waals surface area contributed by atoms with Gasteiger partial charge in [-0.25, -0.2) is 8.42 Å². The number of benzene rings is 2. The Morgan fingerprint density at radius 2 is 1.58 bits per heavy atom. The zero-order chi connectivity index (χ0) is 24.8. The summed E-state index contributed by atoms with van der Waals surface area (Å²) in [5.41, 5.74) is 0.887. The van der Waals surface area contributed by atoms with E-state index in [1.54, 1.807) is 31.2 Å². The normalized spacial score (nSPS) is 12.2. The molecule has 7 nitrogen and oxygen atoms in total. The number of halogens is 3. The lowest BCUT2D eigenvalue weighted by atomic mass is 10.1. The topological polar surface area (TPSA) is 86.8 Å². The molecule has 0 heterocycles. The Hall–Kier alpha value is -2.00. The van der Waals surface area contributed by atoms with E-state index in [-0.39, 0.29) is 28.2 Å². The molecule has 1 N–H and O–H groups in total. The zero-order valence-corrected chi connectivity index (χ0v) is 21.6. The minimum absolute atomic E-state index is 0.0879. The fourth-order valence-corrected chi connectivity index (χ4v) is 4.54. The maximum atomic E-state index is 13.4. The first-order chi connectivity index (χ1) is 15.4. The number of hydrogen-bond donors (Lipinski definition) is 1. The number of carbonyl (C=O) groups is 2. The summed E-state index contributed by atoms with van der Waals surface area (Å²) in [5, 5.41) is 3.76. The fraction of sp³-hybridized carbons (Fsp3) is 0.364. The third-order valence-electron chi connectivity index (χ3n) is 4.80. The van der Waals surface area contributed by atoms with Gasteiger partial charge in [0.15, 0.2) is 0 Å². The van der Waals surface area contributed by atoms with Crippen molar-refractivity contribution in [1.82, 2.24) is 10.2 Å². The van der Waals surface area contributed by atoms with Crippen molar-refractivity contribution in [3.63, 3.8) is 0 Å². The minimum Gasteiger partial charge on any atom is -0.354 e. The van der Waals surface area contributed by atoms with E-state index >= 15 is 0 Å². The van der Waals surface area contributed by atoms with E-state index < -0.39 is 28.5 Å². The van der Waals surface area contributed by atoms with Crippen LogP contribution in [0, 0.1) is 0 Å². The molecule has 0 unspecified atom stereocenters. The minimum atomic E-state index is -3.87. The van der Waals surface area contributed by atoms with Gasteiger partial charge in [-0.05, 0) is 49.2 Å². The van der Waals surface area contributed by atoms with Crippen molar-refractivity contribution in [3.8, 4) is 0 Å². The largest absolute Gasteiger partial charge is 0.354 e. The molecule has 0 radical (unpaired) electrons. The molecular formula is C22H26Cl3N3O4S. The monoisotopic (exact) mass is 533 g/mol. The van der Waals surface area contributed by atoms with E-state index in [1.165, 1.54) is 23.1 Å². The van der Waals surface area contributed by atoms with Gasteiger partial charge in [-0.3, -0.25) is 13.9 Å². The SMILES string of the molecule is CCCNC(=O)[C@@H](C)N(Cc1ccc(Cl)cc1)C(=O)CN(c1cc(Cl)cc(Cl)c1)S(C)(=O)=O. The standard InChI is InChI=1S/C22H26Cl3N3O4S/c1-4-9-26-22(30)15(2)27(13-16-5-7-17(23)8-6-16)21(29)14-28(33(3,31)32)20-11-18(24)10-19(25)12-20/h5-8,10-12,15H,4,9,13-14H2,1-3H3,(H,26,30)/t15-/m1/s1. The van der Waals surface area contributed by atoms with Crippen LogP contribution in [0.5, 0.6) is 0 Å². The number of hydrogen-bond acceptors (Lipinski definition) is 4. The molecule has 0 aliphatic carbocycles. The summed E-state index contributed by atoms with van der Waals surface area (Å²) in [7, 11) is -3.87. The quantitative estimate of drug-likeness (QED) is 0.491. The lowest BCUT2D eigenvalue weighted by Gasteiger charge is -2.31. The summed E-state index contributed by atoms with van der Waals surface area (Å²) >= 11 is 18.0. The van der Waals surface area contributed by atoms with E-state index in [1.807, 2.05) is 6.92 Å². The molecule has 0 saturated carbocycles. The number of carbonyl (C=O) groups excluding carboxylic acids is 2. The Balaban J connectivity index is 2.39. The molecule has 2 rings (SSSR count). The number of rotatable bonds is 10. The van der Waals surface area contributed by atoms with Crippen LogP contribution in [0.4, 0.5) is 5.69 Å². The molecule has 0 aliphatic rings. The predicted molar refractivity (Wildman–Crippen MR) is 133 cm³/mol. The zero-order valence-electron chi connectivity index (χ0n) is 18.5. The van der Waals surface area contributed by atoms with Crippen molar-refractivity contribution in [2.75, 3.05) is 23.7 Å². The average Bonchev–Trinajstić information content (AvgIpc) is 2.73. The molecule has 2 amide bonds. The summed E-state index contributed by atoms with van der Waals surface area (Å²) in [5.74, 6) is -0.901. The highest BCUT2D eigenvalue weighted by molar-refractivity contribution is 7.92. The van der Waals surface area contributed by atoms with E-state index in [0.717, 1.165) is 22.5 Å². The van der Waals surface area contributed by atoms with E-state index in [4.69, 9.17) is 34.8 Å².